The quantitative estimate of drug-likeness (QED) is 0.678. The van der Waals surface area contributed by atoms with Crippen molar-refractivity contribution in [2.45, 2.75) is 21.5 Å². The summed E-state index contributed by atoms with van der Waals surface area (Å²) in [5.41, 5.74) is 0. The van der Waals surface area contributed by atoms with Crippen molar-refractivity contribution < 1.29 is 26.3 Å². The molecule has 0 saturated carbocycles. The monoisotopic (exact) mass is 445 g/mol. The standard InChI is InChI=1S/C18H20ClNO6S2/c1-25-14-5-8-17(26-2)18(11-14)28(23,24)20-10-9-16(12-20)27(21,22)15-6-3-13(19)4-7-15/h3-8,11,16H,9-10,12H2,1-2H3. The first kappa shape index (κ1) is 20.9. The Balaban J connectivity index is 1.90. The van der Waals surface area contributed by atoms with Gasteiger partial charge in [-0.25, -0.2) is 16.8 Å². The number of methoxy groups -OCH3 is 2. The average Bonchev–Trinajstić information content (AvgIpc) is 3.20. The Morgan fingerprint density at radius 3 is 2.29 bits per heavy atom. The van der Waals surface area contributed by atoms with Crippen molar-refractivity contribution in [3.8, 4) is 11.5 Å². The predicted molar refractivity (Wildman–Crippen MR) is 105 cm³/mol. The summed E-state index contributed by atoms with van der Waals surface area (Å²) in [4.78, 5) is 0.0685. The Hall–Kier alpha value is -1.81. The van der Waals surface area contributed by atoms with Gasteiger partial charge in [-0.15, -0.1) is 0 Å². The summed E-state index contributed by atoms with van der Waals surface area (Å²) in [6, 6.07) is 10.3. The molecule has 0 bridgehead atoms. The molecular weight excluding hydrogens is 426 g/mol. The van der Waals surface area contributed by atoms with Crippen molar-refractivity contribution in [2.24, 2.45) is 0 Å². The summed E-state index contributed by atoms with van der Waals surface area (Å²) in [5.74, 6) is 0.536. The summed E-state index contributed by atoms with van der Waals surface area (Å²) in [5, 5.41) is -0.403. The number of hydrogen-bond donors (Lipinski definition) is 0. The van der Waals surface area contributed by atoms with Crippen LogP contribution in [-0.4, -0.2) is 53.7 Å². The third-order valence-corrected chi connectivity index (χ3v) is 9.01. The van der Waals surface area contributed by atoms with E-state index in [0.29, 0.717) is 10.8 Å². The number of halogens is 1. The summed E-state index contributed by atoms with van der Waals surface area (Å²) in [6.07, 6.45) is 0.205. The smallest absolute Gasteiger partial charge is 0.246 e. The lowest BCUT2D eigenvalue weighted by Crippen LogP contribution is -2.32. The van der Waals surface area contributed by atoms with Gasteiger partial charge in [-0.2, -0.15) is 4.31 Å². The normalized spacial score (nSPS) is 18.2. The maximum atomic E-state index is 13.1. The molecular formula is C18H20ClNO6S2. The number of hydrogen-bond acceptors (Lipinski definition) is 6. The van der Waals surface area contributed by atoms with Gasteiger partial charge in [0, 0.05) is 24.2 Å². The molecule has 2 aromatic carbocycles. The highest BCUT2D eigenvalue weighted by molar-refractivity contribution is 7.92. The third kappa shape index (κ3) is 3.84. The molecule has 3 rings (SSSR count). The van der Waals surface area contributed by atoms with Crippen molar-refractivity contribution in [3.63, 3.8) is 0 Å². The van der Waals surface area contributed by atoms with Crippen LogP contribution in [0.3, 0.4) is 0 Å². The van der Waals surface area contributed by atoms with E-state index < -0.39 is 25.1 Å². The first-order valence-electron chi connectivity index (χ1n) is 8.42. The fourth-order valence-electron chi connectivity index (χ4n) is 3.11. The minimum atomic E-state index is -3.95. The topological polar surface area (TPSA) is 90.0 Å². The molecule has 28 heavy (non-hydrogen) atoms. The largest absolute Gasteiger partial charge is 0.497 e. The van der Waals surface area contributed by atoms with E-state index in [-0.39, 0.29) is 35.1 Å². The Morgan fingerprint density at radius 2 is 1.68 bits per heavy atom. The van der Waals surface area contributed by atoms with E-state index in [4.69, 9.17) is 21.1 Å². The van der Waals surface area contributed by atoms with Crippen LogP contribution in [0.1, 0.15) is 6.42 Å². The molecule has 0 aliphatic carbocycles. The molecule has 1 unspecified atom stereocenters. The van der Waals surface area contributed by atoms with Gasteiger partial charge in [0.2, 0.25) is 10.0 Å². The fourth-order valence-corrected chi connectivity index (χ4v) is 6.69. The summed E-state index contributed by atoms with van der Waals surface area (Å²) in [6.45, 7) is -0.0339. The van der Waals surface area contributed by atoms with Gasteiger partial charge in [-0.05, 0) is 42.8 Å². The predicted octanol–water partition coefficient (Wildman–Crippen LogP) is 2.59. The third-order valence-electron chi connectivity index (χ3n) is 4.68. The molecule has 1 fully saturated rings. The molecule has 152 valence electrons. The van der Waals surface area contributed by atoms with Crippen molar-refractivity contribution in [1.82, 2.24) is 4.31 Å². The van der Waals surface area contributed by atoms with Crippen LogP contribution in [0.25, 0.3) is 0 Å². The van der Waals surface area contributed by atoms with Gasteiger partial charge < -0.3 is 9.47 Å². The molecule has 0 radical (unpaired) electrons. The second-order valence-electron chi connectivity index (χ2n) is 6.29. The van der Waals surface area contributed by atoms with E-state index in [1.54, 1.807) is 6.07 Å². The van der Waals surface area contributed by atoms with E-state index >= 15 is 0 Å². The van der Waals surface area contributed by atoms with Gasteiger partial charge in [-0.1, -0.05) is 11.6 Å². The molecule has 1 atom stereocenters. The van der Waals surface area contributed by atoms with Gasteiger partial charge in [0.15, 0.2) is 9.84 Å². The van der Waals surface area contributed by atoms with E-state index in [1.807, 2.05) is 0 Å². The molecule has 1 heterocycles. The van der Waals surface area contributed by atoms with E-state index in [1.165, 1.54) is 54.9 Å². The summed E-state index contributed by atoms with van der Waals surface area (Å²) >= 11 is 5.82. The zero-order valence-electron chi connectivity index (χ0n) is 15.3. The number of rotatable bonds is 6. The van der Waals surface area contributed by atoms with Crippen molar-refractivity contribution in [2.75, 3.05) is 27.3 Å². The van der Waals surface area contributed by atoms with Crippen LogP contribution in [-0.2, 0) is 19.9 Å². The van der Waals surface area contributed by atoms with E-state index in [0.717, 1.165) is 0 Å². The molecule has 0 spiro atoms. The highest BCUT2D eigenvalue weighted by atomic mass is 35.5. The van der Waals surface area contributed by atoms with Crippen LogP contribution in [0.15, 0.2) is 52.3 Å². The van der Waals surface area contributed by atoms with Crippen LogP contribution in [0.4, 0.5) is 0 Å². The van der Waals surface area contributed by atoms with Crippen LogP contribution >= 0.6 is 11.6 Å². The minimum Gasteiger partial charge on any atom is -0.497 e. The zero-order chi connectivity index (χ0) is 20.5. The lowest BCUT2D eigenvalue weighted by molar-refractivity contribution is 0.388. The Labute approximate surface area is 169 Å². The lowest BCUT2D eigenvalue weighted by atomic mass is 10.3. The molecule has 1 saturated heterocycles. The van der Waals surface area contributed by atoms with Gasteiger partial charge in [0.05, 0.1) is 24.4 Å². The molecule has 1 aliphatic rings. The first-order valence-corrected chi connectivity index (χ1v) is 11.8. The van der Waals surface area contributed by atoms with Crippen LogP contribution in [0.5, 0.6) is 11.5 Å². The summed E-state index contributed by atoms with van der Waals surface area (Å²) < 4.78 is 63.4. The number of ether oxygens (including phenoxy) is 2. The lowest BCUT2D eigenvalue weighted by Gasteiger charge is -2.19. The highest BCUT2D eigenvalue weighted by Crippen LogP contribution is 2.34. The number of nitrogens with zero attached hydrogens (tertiary/aromatic N) is 1. The maximum Gasteiger partial charge on any atom is 0.246 e. The van der Waals surface area contributed by atoms with Crippen molar-refractivity contribution in [1.29, 1.82) is 0 Å². The molecule has 0 aromatic heterocycles. The minimum absolute atomic E-state index is 0.0566. The van der Waals surface area contributed by atoms with Gasteiger partial charge >= 0.3 is 0 Å². The first-order chi connectivity index (χ1) is 13.2. The van der Waals surface area contributed by atoms with E-state index in [2.05, 4.69) is 0 Å². The van der Waals surface area contributed by atoms with Gasteiger partial charge in [0.25, 0.3) is 0 Å². The number of sulfone groups is 1. The van der Waals surface area contributed by atoms with E-state index in [9.17, 15) is 16.8 Å². The van der Waals surface area contributed by atoms with Crippen LogP contribution < -0.4 is 9.47 Å². The Bertz CT molecular complexity index is 1070. The second kappa shape index (κ2) is 7.90. The fraction of sp³-hybridized carbons (Fsp3) is 0.333. The Morgan fingerprint density at radius 1 is 1.00 bits per heavy atom. The van der Waals surface area contributed by atoms with Crippen LogP contribution in [0, 0.1) is 0 Å². The molecule has 1 aliphatic heterocycles. The second-order valence-corrected chi connectivity index (χ2v) is 10.9. The van der Waals surface area contributed by atoms with Crippen molar-refractivity contribution >= 4 is 31.5 Å². The average molecular weight is 446 g/mol. The molecule has 7 nitrogen and oxygen atoms in total. The number of sulfonamides is 1. The number of benzene rings is 2. The maximum absolute atomic E-state index is 13.1. The summed E-state index contributed by atoms with van der Waals surface area (Å²) in [7, 11) is -4.83. The SMILES string of the molecule is COc1ccc(OC)c(S(=O)(=O)N2CCC(S(=O)(=O)c3ccc(Cl)cc3)C2)c1. The highest BCUT2D eigenvalue weighted by Gasteiger charge is 2.40. The van der Waals surface area contributed by atoms with Gasteiger partial charge in [-0.3, -0.25) is 0 Å². The molecule has 2 aromatic rings. The Kier molecular flexibility index (Phi) is 5.90. The zero-order valence-corrected chi connectivity index (χ0v) is 17.7. The van der Waals surface area contributed by atoms with Gasteiger partial charge in [0.1, 0.15) is 16.4 Å². The molecule has 0 N–H and O–H groups in total. The molecule has 10 heteroatoms. The molecule has 0 amide bonds. The van der Waals surface area contributed by atoms with Crippen LogP contribution in [0.2, 0.25) is 5.02 Å². The van der Waals surface area contributed by atoms with Crippen molar-refractivity contribution in [3.05, 3.63) is 47.5 Å².